The fourth-order valence-electron chi connectivity index (χ4n) is 4.08. The molecule has 2 aromatic rings. The zero-order valence-electron chi connectivity index (χ0n) is 18.0. The van der Waals surface area contributed by atoms with E-state index in [0.29, 0.717) is 19.7 Å². The van der Waals surface area contributed by atoms with Crippen molar-refractivity contribution in [1.29, 1.82) is 0 Å². The largest absolute Gasteiger partial charge is 0.370 e. The molecule has 4 rings (SSSR count). The average molecular weight is 417 g/mol. The fourth-order valence-corrected chi connectivity index (χ4v) is 4.08. The van der Waals surface area contributed by atoms with E-state index in [-0.39, 0.29) is 11.8 Å². The van der Waals surface area contributed by atoms with Gasteiger partial charge >= 0.3 is 5.69 Å². The molecule has 0 aliphatic carbocycles. The molecule has 2 aromatic heterocycles. The summed E-state index contributed by atoms with van der Waals surface area (Å²) in [5, 5.41) is 12.2. The summed E-state index contributed by atoms with van der Waals surface area (Å²) >= 11 is 0. The second-order valence-corrected chi connectivity index (χ2v) is 7.87. The third-order valence-electron chi connectivity index (χ3n) is 5.62. The van der Waals surface area contributed by atoms with Crippen molar-refractivity contribution in [3.63, 3.8) is 0 Å². The molecule has 30 heavy (non-hydrogen) atoms. The predicted molar refractivity (Wildman–Crippen MR) is 113 cm³/mol. The molecule has 10 nitrogen and oxygen atoms in total. The summed E-state index contributed by atoms with van der Waals surface area (Å²) in [7, 11) is 1.91. The van der Waals surface area contributed by atoms with Crippen molar-refractivity contribution >= 4 is 5.96 Å². The smallest absolute Gasteiger partial charge is 0.345 e. The number of aromatic nitrogens is 5. The van der Waals surface area contributed by atoms with Crippen molar-refractivity contribution in [2.75, 3.05) is 32.8 Å². The molecule has 0 radical (unpaired) electrons. The Balaban J connectivity index is 1.35. The van der Waals surface area contributed by atoms with Crippen LogP contribution in [0.4, 0.5) is 0 Å². The van der Waals surface area contributed by atoms with E-state index >= 15 is 0 Å². The lowest BCUT2D eigenvalue weighted by atomic mass is 10.1. The van der Waals surface area contributed by atoms with Gasteiger partial charge in [0.2, 0.25) is 0 Å². The van der Waals surface area contributed by atoms with Gasteiger partial charge in [-0.2, -0.15) is 10.2 Å². The number of nitrogens with zero attached hydrogens (tertiary/aromatic N) is 7. The highest BCUT2D eigenvalue weighted by molar-refractivity contribution is 5.80. The van der Waals surface area contributed by atoms with E-state index < -0.39 is 0 Å². The topological polar surface area (TPSA) is 94.5 Å². The lowest BCUT2D eigenvalue weighted by Gasteiger charge is -2.34. The quantitative estimate of drug-likeness (QED) is 0.420. The van der Waals surface area contributed by atoms with Crippen LogP contribution in [0.3, 0.4) is 0 Å². The standard InChI is InChI=1S/C20H32N8O2/c1-3-21-19(26-11-12-30-17(15-26)16-13-23-25(2)14-16)22-8-6-10-28-20(29)27-9-5-4-7-18(27)24-28/h13-14,17H,3-12,15H2,1-2H3,(H,21,22). The number of morpholine rings is 1. The molecule has 1 N–H and O–H groups in total. The molecule has 0 amide bonds. The van der Waals surface area contributed by atoms with Crippen molar-refractivity contribution < 1.29 is 4.74 Å². The molecule has 1 fully saturated rings. The van der Waals surface area contributed by atoms with Gasteiger partial charge in [0.1, 0.15) is 11.9 Å². The molecule has 4 heterocycles. The van der Waals surface area contributed by atoms with Crippen LogP contribution in [0.25, 0.3) is 0 Å². The maximum atomic E-state index is 12.5. The van der Waals surface area contributed by atoms with Gasteiger partial charge in [0.05, 0.1) is 19.3 Å². The van der Waals surface area contributed by atoms with E-state index in [0.717, 1.165) is 69.2 Å². The molecule has 0 spiro atoms. The Kier molecular flexibility index (Phi) is 6.51. The molecule has 2 aliphatic heterocycles. The summed E-state index contributed by atoms with van der Waals surface area (Å²) < 4.78 is 11.2. The Labute approximate surface area is 176 Å². The fraction of sp³-hybridized carbons (Fsp3) is 0.700. The average Bonchev–Trinajstić information content (AvgIpc) is 3.34. The van der Waals surface area contributed by atoms with E-state index in [4.69, 9.17) is 9.73 Å². The van der Waals surface area contributed by atoms with Gasteiger partial charge in [-0.25, -0.2) is 9.48 Å². The summed E-state index contributed by atoms with van der Waals surface area (Å²) in [5.41, 5.74) is 1.11. The van der Waals surface area contributed by atoms with Crippen molar-refractivity contribution in [2.24, 2.45) is 12.0 Å². The van der Waals surface area contributed by atoms with Gasteiger partial charge in [0, 0.05) is 58.0 Å². The first-order valence-electron chi connectivity index (χ1n) is 11.0. The third-order valence-corrected chi connectivity index (χ3v) is 5.62. The first-order chi connectivity index (χ1) is 14.7. The molecule has 0 saturated carbocycles. The first-order valence-corrected chi connectivity index (χ1v) is 11.0. The predicted octanol–water partition coefficient (Wildman–Crippen LogP) is 0.544. The highest BCUT2D eigenvalue weighted by Crippen LogP contribution is 2.21. The van der Waals surface area contributed by atoms with Crippen LogP contribution in [0.5, 0.6) is 0 Å². The monoisotopic (exact) mass is 416 g/mol. The lowest BCUT2D eigenvalue weighted by Crippen LogP contribution is -2.48. The Morgan fingerprint density at radius 2 is 2.27 bits per heavy atom. The molecule has 1 atom stereocenters. The Hall–Kier alpha value is -2.62. The van der Waals surface area contributed by atoms with Crippen molar-refractivity contribution in [1.82, 2.24) is 34.3 Å². The summed E-state index contributed by atoms with van der Waals surface area (Å²) in [6, 6.07) is 0. The number of ether oxygens (including phenoxy) is 1. The van der Waals surface area contributed by atoms with Gasteiger partial charge < -0.3 is 15.0 Å². The van der Waals surface area contributed by atoms with E-state index in [1.54, 1.807) is 9.36 Å². The van der Waals surface area contributed by atoms with Gasteiger partial charge in [0.15, 0.2) is 5.96 Å². The molecule has 10 heteroatoms. The zero-order chi connectivity index (χ0) is 20.9. The number of aryl methyl sites for hydroxylation is 3. The summed E-state index contributed by atoms with van der Waals surface area (Å²) in [6.45, 7) is 7.12. The SMILES string of the molecule is CCNC(=NCCCn1nc2n(c1=O)CCCC2)N1CCOC(c2cnn(C)c2)C1. The van der Waals surface area contributed by atoms with Crippen LogP contribution in [0.2, 0.25) is 0 Å². The number of nitrogens with one attached hydrogen (secondary N) is 1. The number of guanidine groups is 1. The Bertz CT molecular complexity index is 928. The minimum atomic E-state index is -0.00764. The van der Waals surface area contributed by atoms with E-state index in [1.807, 2.05) is 24.0 Å². The van der Waals surface area contributed by atoms with Gasteiger partial charge in [-0.15, -0.1) is 0 Å². The molecule has 2 aliphatic rings. The minimum Gasteiger partial charge on any atom is -0.370 e. The lowest BCUT2D eigenvalue weighted by molar-refractivity contribution is -0.00804. The minimum absolute atomic E-state index is 0.00764. The second kappa shape index (κ2) is 9.46. The van der Waals surface area contributed by atoms with E-state index in [2.05, 4.69) is 27.3 Å². The Morgan fingerprint density at radius 1 is 1.37 bits per heavy atom. The van der Waals surface area contributed by atoms with E-state index in [9.17, 15) is 4.79 Å². The molecule has 0 aromatic carbocycles. The number of fused-ring (bicyclic) bond motifs is 1. The molecule has 0 bridgehead atoms. The third kappa shape index (κ3) is 4.58. The highest BCUT2D eigenvalue weighted by Gasteiger charge is 2.25. The van der Waals surface area contributed by atoms with Gasteiger partial charge in [0.25, 0.3) is 0 Å². The molecular formula is C20H32N8O2. The number of rotatable bonds is 6. The molecule has 1 unspecified atom stereocenters. The molecule has 1 saturated heterocycles. The number of aliphatic imine (C=N–C) groups is 1. The number of hydrogen-bond donors (Lipinski definition) is 1. The number of hydrogen-bond acceptors (Lipinski definition) is 5. The maximum Gasteiger partial charge on any atom is 0.345 e. The van der Waals surface area contributed by atoms with Gasteiger partial charge in [-0.05, 0) is 26.2 Å². The van der Waals surface area contributed by atoms with Crippen LogP contribution in [-0.2, 0) is 31.3 Å². The van der Waals surface area contributed by atoms with Crippen molar-refractivity contribution in [2.45, 2.75) is 51.8 Å². The van der Waals surface area contributed by atoms with Crippen molar-refractivity contribution in [3.05, 3.63) is 34.3 Å². The van der Waals surface area contributed by atoms with Crippen LogP contribution in [0, 0.1) is 0 Å². The van der Waals surface area contributed by atoms with Crippen LogP contribution >= 0.6 is 0 Å². The Morgan fingerprint density at radius 3 is 3.03 bits per heavy atom. The maximum absolute atomic E-state index is 12.5. The summed E-state index contributed by atoms with van der Waals surface area (Å²) in [4.78, 5) is 19.5. The summed E-state index contributed by atoms with van der Waals surface area (Å²) in [6.07, 6.45) is 7.72. The van der Waals surface area contributed by atoms with Gasteiger partial charge in [-0.3, -0.25) is 14.2 Å². The van der Waals surface area contributed by atoms with Gasteiger partial charge in [-0.1, -0.05) is 0 Å². The van der Waals surface area contributed by atoms with Crippen LogP contribution in [-0.4, -0.2) is 67.8 Å². The van der Waals surface area contributed by atoms with Crippen LogP contribution in [0.15, 0.2) is 22.2 Å². The first kappa shape index (κ1) is 20.6. The van der Waals surface area contributed by atoms with E-state index in [1.165, 1.54) is 0 Å². The van der Waals surface area contributed by atoms with Crippen molar-refractivity contribution in [3.8, 4) is 0 Å². The highest BCUT2D eigenvalue weighted by atomic mass is 16.5. The summed E-state index contributed by atoms with van der Waals surface area (Å²) in [5.74, 6) is 1.82. The van der Waals surface area contributed by atoms with Crippen LogP contribution in [0.1, 0.15) is 43.7 Å². The van der Waals surface area contributed by atoms with Crippen LogP contribution < -0.4 is 11.0 Å². The molecule has 164 valence electrons. The molecular weight excluding hydrogens is 384 g/mol. The second-order valence-electron chi connectivity index (χ2n) is 7.87. The normalized spacial score (nSPS) is 19.7. The zero-order valence-corrected chi connectivity index (χ0v) is 18.0.